The second kappa shape index (κ2) is 10.7. The third-order valence-corrected chi connectivity index (χ3v) is 5.05. The van der Waals surface area contributed by atoms with Crippen molar-refractivity contribution >= 4 is 35.0 Å². The molecule has 0 spiro atoms. The van der Waals surface area contributed by atoms with Crippen LogP contribution in [0.5, 0.6) is 0 Å². The molecule has 0 bridgehead atoms. The summed E-state index contributed by atoms with van der Waals surface area (Å²) in [4.78, 5) is 37.4. The molecule has 0 aliphatic rings. The zero-order valence-electron chi connectivity index (χ0n) is 18.3. The summed E-state index contributed by atoms with van der Waals surface area (Å²) in [5.74, 6) is -0.642. The van der Waals surface area contributed by atoms with Gasteiger partial charge in [0, 0.05) is 28.1 Å². The zero-order valence-corrected chi connectivity index (χ0v) is 18.3. The molecule has 34 heavy (non-hydrogen) atoms. The molecule has 0 aromatic heterocycles. The molecule has 2 amide bonds. The van der Waals surface area contributed by atoms with Crippen LogP contribution in [0.4, 0.5) is 11.4 Å². The molecule has 4 aromatic rings. The molecular formula is C29H22N2O3. The highest BCUT2D eigenvalue weighted by Crippen LogP contribution is 2.16. The smallest absolute Gasteiger partial charge is 0.255 e. The molecule has 0 saturated heterocycles. The summed E-state index contributed by atoms with van der Waals surface area (Å²) in [5, 5.41) is 5.67. The number of nitrogens with one attached hydrogen (secondary N) is 2. The van der Waals surface area contributed by atoms with Gasteiger partial charge < -0.3 is 10.6 Å². The number of allylic oxidation sites excluding steroid dienone is 1. The van der Waals surface area contributed by atoms with Gasteiger partial charge in [-0.2, -0.15) is 0 Å². The first-order chi connectivity index (χ1) is 16.6. The molecule has 5 nitrogen and oxygen atoms in total. The molecule has 0 saturated carbocycles. The van der Waals surface area contributed by atoms with E-state index in [1.54, 1.807) is 78.9 Å². The SMILES string of the molecule is O=C(C=Cc1cccc(NC(=O)c2ccccc2)c1)c1cccc(NC(=O)c2ccccc2)c1. The largest absolute Gasteiger partial charge is 0.322 e. The fourth-order valence-corrected chi connectivity index (χ4v) is 3.32. The van der Waals surface area contributed by atoms with Gasteiger partial charge in [0.1, 0.15) is 0 Å². The van der Waals surface area contributed by atoms with Crippen LogP contribution >= 0.6 is 0 Å². The molecule has 0 aliphatic carbocycles. The predicted molar refractivity (Wildman–Crippen MR) is 135 cm³/mol. The summed E-state index contributed by atoms with van der Waals surface area (Å²) in [6, 6.07) is 31.9. The molecule has 2 N–H and O–H groups in total. The molecule has 0 fully saturated rings. The van der Waals surface area contributed by atoms with Crippen LogP contribution in [0.2, 0.25) is 0 Å². The molecule has 0 heterocycles. The fourth-order valence-electron chi connectivity index (χ4n) is 3.32. The number of hydrogen-bond donors (Lipinski definition) is 2. The lowest BCUT2D eigenvalue weighted by atomic mass is 10.1. The van der Waals surface area contributed by atoms with Crippen LogP contribution in [-0.2, 0) is 0 Å². The lowest BCUT2D eigenvalue weighted by molar-refractivity contribution is 0.101. The monoisotopic (exact) mass is 446 g/mol. The van der Waals surface area contributed by atoms with Crippen LogP contribution in [0, 0.1) is 0 Å². The van der Waals surface area contributed by atoms with Gasteiger partial charge >= 0.3 is 0 Å². The molecule has 166 valence electrons. The normalized spacial score (nSPS) is 10.6. The summed E-state index contributed by atoms with van der Waals surface area (Å²) < 4.78 is 0. The average molecular weight is 447 g/mol. The average Bonchev–Trinajstić information content (AvgIpc) is 2.88. The molecule has 4 aromatic carbocycles. The van der Waals surface area contributed by atoms with Gasteiger partial charge in [-0.3, -0.25) is 14.4 Å². The van der Waals surface area contributed by atoms with Gasteiger partial charge in [-0.25, -0.2) is 0 Å². The van der Waals surface area contributed by atoms with E-state index in [2.05, 4.69) is 10.6 Å². The lowest BCUT2D eigenvalue weighted by Gasteiger charge is -2.07. The Morgan fingerprint density at radius 2 is 1.03 bits per heavy atom. The second-order valence-electron chi connectivity index (χ2n) is 7.54. The van der Waals surface area contributed by atoms with Crippen molar-refractivity contribution in [3.8, 4) is 0 Å². The van der Waals surface area contributed by atoms with Gasteiger partial charge in [-0.1, -0.05) is 66.7 Å². The van der Waals surface area contributed by atoms with Crippen molar-refractivity contribution in [1.82, 2.24) is 0 Å². The highest BCUT2D eigenvalue weighted by Gasteiger charge is 2.08. The topological polar surface area (TPSA) is 75.3 Å². The molecule has 0 radical (unpaired) electrons. The summed E-state index contributed by atoms with van der Waals surface area (Å²) >= 11 is 0. The van der Waals surface area contributed by atoms with E-state index in [4.69, 9.17) is 0 Å². The Morgan fingerprint density at radius 1 is 0.529 bits per heavy atom. The molecular weight excluding hydrogens is 424 g/mol. The maximum absolute atomic E-state index is 12.7. The highest BCUT2D eigenvalue weighted by atomic mass is 16.2. The van der Waals surface area contributed by atoms with Crippen molar-refractivity contribution in [2.24, 2.45) is 0 Å². The van der Waals surface area contributed by atoms with E-state index in [1.807, 2.05) is 36.4 Å². The Bertz CT molecular complexity index is 1350. The number of benzene rings is 4. The summed E-state index contributed by atoms with van der Waals surface area (Å²) in [6.45, 7) is 0. The van der Waals surface area contributed by atoms with Crippen molar-refractivity contribution in [2.75, 3.05) is 10.6 Å². The van der Waals surface area contributed by atoms with Crippen LogP contribution in [0.1, 0.15) is 36.6 Å². The number of carbonyl (C=O) groups is 3. The van der Waals surface area contributed by atoms with Gasteiger partial charge in [0.05, 0.1) is 0 Å². The van der Waals surface area contributed by atoms with E-state index in [1.165, 1.54) is 6.08 Å². The Morgan fingerprint density at radius 3 is 1.62 bits per heavy atom. The van der Waals surface area contributed by atoms with Gasteiger partial charge in [0.25, 0.3) is 11.8 Å². The number of hydrogen-bond acceptors (Lipinski definition) is 3. The molecule has 5 heteroatoms. The van der Waals surface area contributed by atoms with Crippen LogP contribution in [-0.4, -0.2) is 17.6 Å². The van der Waals surface area contributed by atoms with E-state index >= 15 is 0 Å². The quantitative estimate of drug-likeness (QED) is 0.267. The van der Waals surface area contributed by atoms with E-state index in [0.717, 1.165) is 5.56 Å². The zero-order chi connectivity index (χ0) is 23.8. The Hall–Kier alpha value is -4.77. The first-order valence-electron chi connectivity index (χ1n) is 10.7. The second-order valence-corrected chi connectivity index (χ2v) is 7.54. The summed E-state index contributed by atoms with van der Waals surface area (Å²) in [7, 11) is 0. The minimum absolute atomic E-state index is 0.200. The van der Waals surface area contributed by atoms with E-state index in [-0.39, 0.29) is 17.6 Å². The van der Waals surface area contributed by atoms with E-state index in [0.29, 0.717) is 28.1 Å². The Labute approximate surface area is 197 Å². The third-order valence-electron chi connectivity index (χ3n) is 5.05. The summed E-state index contributed by atoms with van der Waals surface area (Å²) in [5.41, 5.74) is 3.51. The number of anilines is 2. The van der Waals surface area contributed by atoms with Gasteiger partial charge in [0.2, 0.25) is 0 Å². The highest BCUT2D eigenvalue weighted by molar-refractivity contribution is 6.09. The minimum atomic E-state index is -0.241. The molecule has 4 rings (SSSR count). The third kappa shape index (κ3) is 5.93. The maximum atomic E-state index is 12.7. The molecule has 0 aliphatic heterocycles. The Balaban J connectivity index is 1.42. The van der Waals surface area contributed by atoms with Gasteiger partial charge in [-0.15, -0.1) is 0 Å². The van der Waals surface area contributed by atoms with Crippen molar-refractivity contribution in [2.45, 2.75) is 0 Å². The molecule has 0 unspecified atom stereocenters. The molecule has 0 atom stereocenters. The van der Waals surface area contributed by atoms with Crippen LogP contribution < -0.4 is 10.6 Å². The van der Waals surface area contributed by atoms with E-state index in [9.17, 15) is 14.4 Å². The number of rotatable bonds is 7. The van der Waals surface area contributed by atoms with Gasteiger partial charge in [-0.05, 0) is 60.2 Å². The van der Waals surface area contributed by atoms with Crippen molar-refractivity contribution in [3.63, 3.8) is 0 Å². The lowest BCUT2D eigenvalue weighted by Crippen LogP contribution is -2.12. The van der Waals surface area contributed by atoms with Crippen molar-refractivity contribution in [1.29, 1.82) is 0 Å². The fraction of sp³-hybridized carbons (Fsp3) is 0. The van der Waals surface area contributed by atoms with Crippen molar-refractivity contribution < 1.29 is 14.4 Å². The van der Waals surface area contributed by atoms with Crippen LogP contribution in [0.15, 0.2) is 115 Å². The van der Waals surface area contributed by atoms with Crippen molar-refractivity contribution in [3.05, 3.63) is 138 Å². The predicted octanol–water partition coefficient (Wildman–Crippen LogP) is 6.09. The van der Waals surface area contributed by atoms with Crippen LogP contribution in [0.25, 0.3) is 6.08 Å². The van der Waals surface area contributed by atoms with Gasteiger partial charge in [0.15, 0.2) is 5.78 Å². The first kappa shape index (κ1) is 22.4. The summed E-state index contributed by atoms with van der Waals surface area (Å²) in [6.07, 6.45) is 3.16. The number of amides is 2. The number of ketones is 1. The number of carbonyl (C=O) groups excluding carboxylic acids is 3. The standard InChI is InChI=1S/C29H22N2O3/c32-27(24-14-8-16-26(20-24)31-29(34)23-12-5-2-6-13-23)18-17-21-9-7-15-25(19-21)30-28(33)22-10-3-1-4-11-22/h1-20H,(H,30,33)(H,31,34). The maximum Gasteiger partial charge on any atom is 0.255 e. The van der Waals surface area contributed by atoms with E-state index < -0.39 is 0 Å². The minimum Gasteiger partial charge on any atom is -0.322 e. The Kier molecular flexibility index (Phi) is 7.06. The van der Waals surface area contributed by atoms with Crippen LogP contribution in [0.3, 0.4) is 0 Å². The first-order valence-corrected chi connectivity index (χ1v) is 10.7.